The molecule has 6 atom stereocenters. The van der Waals surface area contributed by atoms with Crippen LogP contribution in [0.3, 0.4) is 0 Å². The molecular weight excluding hydrogens is 504 g/mol. The highest BCUT2D eigenvalue weighted by molar-refractivity contribution is 6.25. The number of aromatic hydroxyl groups is 1. The maximum absolute atomic E-state index is 13.7. The Hall–Kier alpha value is -3.25. The van der Waals surface area contributed by atoms with Crippen LogP contribution in [0.4, 0.5) is 0 Å². The monoisotopic (exact) mass is 540 g/mol. The number of likely N-dealkylation sites (N-methyl/N-ethyl adjacent to an activating group) is 1. The molecule has 0 radical (unpaired) electrons. The van der Waals surface area contributed by atoms with Crippen molar-refractivity contribution in [2.45, 2.75) is 70.0 Å². The minimum Gasteiger partial charge on any atom is -0.504 e. The van der Waals surface area contributed by atoms with Gasteiger partial charge in [-0.3, -0.25) is 24.2 Å². The van der Waals surface area contributed by atoms with Gasteiger partial charge < -0.3 is 30.7 Å². The highest BCUT2D eigenvalue weighted by Crippen LogP contribution is 2.51. The number of fused-ring (bicyclic) bond motifs is 6. The summed E-state index contributed by atoms with van der Waals surface area (Å²) >= 11 is 0. The molecule has 11 heteroatoms. The number of Topliss-reactive ketones (excluding diaryl/α,β-unsaturated/α-hetero) is 2. The van der Waals surface area contributed by atoms with Gasteiger partial charge in [-0.1, -0.05) is 0 Å². The van der Waals surface area contributed by atoms with E-state index in [1.807, 2.05) is 18.9 Å². The standard InChI is InChI=1S/C28H36N4O7/c1-11-14-7-18-28(37)32-17(22(31(18)4)15(14)9-20(33)25(11)38-5)8-16-21(19(32)10-30-27(36)13(3)29)24(35)26(39-6)12(2)23(16)34/h9,13,17-19,22,28,33,37H,7-8,10,29H2,1-6H3,(H,30,36)/t13-,17-,18?,19-,22-,28-/m0/s1. The highest BCUT2D eigenvalue weighted by Gasteiger charge is 2.57. The van der Waals surface area contributed by atoms with Crippen molar-refractivity contribution < 1.29 is 34.1 Å². The molecule has 39 heavy (non-hydrogen) atoms. The Balaban J connectivity index is 1.68. The van der Waals surface area contributed by atoms with Gasteiger partial charge in [0.2, 0.25) is 11.7 Å². The number of carbonyl (C=O) groups excluding carboxylic acids is 3. The van der Waals surface area contributed by atoms with E-state index < -0.39 is 36.0 Å². The van der Waals surface area contributed by atoms with Gasteiger partial charge in [0.05, 0.1) is 38.4 Å². The van der Waals surface area contributed by atoms with E-state index >= 15 is 0 Å². The van der Waals surface area contributed by atoms with Crippen LogP contribution in [-0.2, 0) is 25.5 Å². The van der Waals surface area contributed by atoms with Crippen LogP contribution in [0.2, 0.25) is 0 Å². The lowest BCUT2D eigenvalue weighted by Crippen LogP contribution is -2.71. The van der Waals surface area contributed by atoms with Gasteiger partial charge in [0, 0.05) is 29.3 Å². The Morgan fingerprint density at radius 3 is 2.49 bits per heavy atom. The minimum absolute atomic E-state index is 0.0159. The van der Waals surface area contributed by atoms with E-state index in [4.69, 9.17) is 15.2 Å². The van der Waals surface area contributed by atoms with E-state index in [9.17, 15) is 24.6 Å². The van der Waals surface area contributed by atoms with Gasteiger partial charge in [-0.25, -0.2) is 0 Å². The van der Waals surface area contributed by atoms with Crippen LogP contribution in [0.5, 0.6) is 11.5 Å². The normalized spacial score (nSPS) is 29.5. The van der Waals surface area contributed by atoms with Crippen molar-refractivity contribution in [2.75, 3.05) is 27.8 Å². The number of hydrogen-bond donors (Lipinski definition) is 4. The molecular formula is C28H36N4O7. The lowest BCUT2D eigenvalue weighted by molar-refractivity contribution is -0.166. The average Bonchev–Trinajstić information content (AvgIpc) is 2.88. The summed E-state index contributed by atoms with van der Waals surface area (Å²) in [4.78, 5) is 43.7. The second-order valence-electron chi connectivity index (χ2n) is 10.9. The molecule has 5 rings (SSSR count). The van der Waals surface area contributed by atoms with Crippen molar-refractivity contribution >= 4 is 17.5 Å². The molecule has 0 saturated carbocycles. The van der Waals surface area contributed by atoms with Gasteiger partial charge in [0.25, 0.3) is 0 Å². The molecule has 1 unspecified atom stereocenters. The van der Waals surface area contributed by atoms with Crippen molar-refractivity contribution in [3.63, 3.8) is 0 Å². The van der Waals surface area contributed by atoms with Crippen molar-refractivity contribution in [3.8, 4) is 11.5 Å². The number of benzene rings is 1. The zero-order valence-corrected chi connectivity index (χ0v) is 23.1. The van der Waals surface area contributed by atoms with E-state index in [0.717, 1.165) is 16.7 Å². The van der Waals surface area contributed by atoms with Crippen LogP contribution in [0.15, 0.2) is 28.5 Å². The van der Waals surface area contributed by atoms with Gasteiger partial charge in [0.15, 0.2) is 23.0 Å². The number of allylic oxidation sites excluding steroid dienone is 2. The second kappa shape index (κ2) is 9.74. The van der Waals surface area contributed by atoms with Crippen molar-refractivity contribution in [3.05, 3.63) is 45.2 Å². The number of nitrogens with two attached hydrogens (primary N) is 1. The number of rotatable bonds is 5. The van der Waals surface area contributed by atoms with E-state index in [2.05, 4.69) is 10.2 Å². The van der Waals surface area contributed by atoms with Gasteiger partial charge in [0.1, 0.15) is 6.23 Å². The Morgan fingerprint density at radius 1 is 1.18 bits per heavy atom. The molecule has 0 spiro atoms. The number of aliphatic hydroxyl groups excluding tert-OH is 1. The summed E-state index contributed by atoms with van der Waals surface area (Å²) in [5.41, 5.74) is 9.28. The van der Waals surface area contributed by atoms with Gasteiger partial charge in [-0.05, 0) is 63.4 Å². The number of hydrogen-bond acceptors (Lipinski definition) is 10. The topological polar surface area (TPSA) is 155 Å². The molecule has 3 heterocycles. The summed E-state index contributed by atoms with van der Waals surface area (Å²) < 4.78 is 10.8. The quantitative estimate of drug-likeness (QED) is 0.381. The number of nitrogens with zero attached hydrogens (tertiary/aromatic N) is 2. The second-order valence-corrected chi connectivity index (χ2v) is 10.9. The molecule has 1 aliphatic carbocycles. The number of ketones is 2. The number of methoxy groups -OCH3 is 2. The van der Waals surface area contributed by atoms with Crippen LogP contribution in [0, 0.1) is 6.92 Å². The Kier molecular flexibility index (Phi) is 6.82. The fourth-order valence-electron chi connectivity index (χ4n) is 7.01. The number of phenolic OH excluding ortho intramolecular Hbond substituents is 1. The van der Waals surface area contributed by atoms with E-state index in [1.54, 1.807) is 19.9 Å². The van der Waals surface area contributed by atoms with Crippen molar-refractivity contribution in [1.82, 2.24) is 15.1 Å². The molecule has 1 aromatic rings. The number of ether oxygens (including phenoxy) is 2. The Morgan fingerprint density at radius 2 is 1.87 bits per heavy atom. The molecule has 11 nitrogen and oxygen atoms in total. The zero-order valence-electron chi connectivity index (χ0n) is 23.1. The summed E-state index contributed by atoms with van der Waals surface area (Å²) in [6, 6.07) is -0.963. The van der Waals surface area contributed by atoms with Crippen LogP contribution in [0.1, 0.15) is 43.0 Å². The maximum atomic E-state index is 13.7. The van der Waals surface area contributed by atoms with Crippen LogP contribution >= 0.6 is 0 Å². The van der Waals surface area contributed by atoms with Gasteiger partial charge >= 0.3 is 0 Å². The Bertz CT molecular complexity index is 1330. The number of piperazine rings is 1. The van der Waals surface area contributed by atoms with E-state index in [-0.39, 0.29) is 53.5 Å². The molecule has 210 valence electrons. The molecule has 3 aliphatic heterocycles. The first-order valence-electron chi connectivity index (χ1n) is 13.1. The fourth-order valence-corrected chi connectivity index (χ4v) is 7.01. The maximum Gasteiger partial charge on any atom is 0.236 e. The summed E-state index contributed by atoms with van der Waals surface area (Å²) in [5, 5.41) is 25.4. The van der Waals surface area contributed by atoms with Crippen molar-refractivity contribution in [2.24, 2.45) is 5.73 Å². The molecule has 0 aromatic heterocycles. The highest BCUT2D eigenvalue weighted by atomic mass is 16.5. The summed E-state index contributed by atoms with van der Waals surface area (Å²) in [7, 11) is 4.78. The number of amides is 1. The molecule has 1 amide bonds. The lowest BCUT2D eigenvalue weighted by atomic mass is 9.70. The summed E-state index contributed by atoms with van der Waals surface area (Å²) in [6.07, 6.45) is -0.332. The van der Waals surface area contributed by atoms with Crippen LogP contribution < -0.4 is 15.8 Å². The predicted octanol–water partition coefficient (Wildman–Crippen LogP) is 0.214. The lowest BCUT2D eigenvalue weighted by Gasteiger charge is -2.60. The number of aliphatic hydroxyl groups is 1. The van der Waals surface area contributed by atoms with Crippen molar-refractivity contribution in [1.29, 1.82) is 0 Å². The first-order valence-corrected chi connectivity index (χ1v) is 13.1. The van der Waals surface area contributed by atoms with Gasteiger partial charge in [-0.15, -0.1) is 0 Å². The SMILES string of the molecule is COC1=C(C)C(=O)C2=C(C1=O)[C@H](CNC(=O)[C@H](C)N)N1[C@@H](O)C3Cc4c(cc(O)c(OC)c4C)[C@@H]([C@@H]1C2)N3C. The fraction of sp³-hybridized carbons (Fsp3) is 0.536. The van der Waals surface area contributed by atoms with E-state index in [0.29, 0.717) is 17.7 Å². The smallest absolute Gasteiger partial charge is 0.236 e. The zero-order chi connectivity index (χ0) is 28.5. The first-order chi connectivity index (χ1) is 18.4. The first kappa shape index (κ1) is 27.3. The summed E-state index contributed by atoms with van der Waals surface area (Å²) in [5.74, 6) is -0.723. The number of phenols is 1. The Labute approximate surface area is 227 Å². The number of carbonyl (C=O) groups is 3. The molecule has 4 aliphatic rings. The molecule has 1 saturated heterocycles. The molecule has 1 aromatic carbocycles. The van der Waals surface area contributed by atoms with Gasteiger partial charge in [-0.2, -0.15) is 0 Å². The largest absolute Gasteiger partial charge is 0.504 e. The van der Waals surface area contributed by atoms with Crippen LogP contribution in [-0.4, -0.2) is 95.7 Å². The average molecular weight is 541 g/mol. The molecule has 5 N–H and O–H groups in total. The third kappa shape index (κ3) is 3.90. The minimum atomic E-state index is -1.02. The molecule has 1 fully saturated rings. The third-order valence-corrected chi connectivity index (χ3v) is 8.89. The number of nitrogens with one attached hydrogen (secondary N) is 1. The third-order valence-electron chi connectivity index (χ3n) is 8.89. The van der Waals surface area contributed by atoms with E-state index in [1.165, 1.54) is 14.2 Å². The predicted molar refractivity (Wildman–Crippen MR) is 141 cm³/mol. The van der Waals surface area contributed by atoms with Crippen LogP contribution in [0.25, 0.3) is 0 Å². The molecule has 2 bridgehead atoms. The summed E-state index contributed by atoms with van der Waals surface area (Å²) in [6.45, 7) is 5.00.